The van der Waals surface area contributed by atoms with Crippen molar-refractivity contribution < 1.29 is 14.3 Å². The standard InChI is InChI=1S/C16H31NO3/c1-2-3-4-5-6-7-8-9-10-11-12-13-14-15(18)20-16(17)19/h2-14H2,1H3,(H2,17,19). The van der Waals surface area contributed by atoms with E-state index in [0.717, 1.165) is 19.3 Å². The summed E-state index contributed by atoms with van der Waals surface area (Å²) in [7, 11) is 0. The van der Waals surface area contributed by atoms with Crippen LogP contribution in [-0.2, 0) is 9.53 Å². The molecular formula is C16H31NO3. The summed E-state index contributed by atoms with van der Waals surface area (Å²) in [6, 6.07) is 0. The van der Waals surface area contributed by atoms with E-state index in [2.05, 4.69) is 11.7 Å². The van der Waals surface area contributed by atoms with E-state index in [4.69, 9.17) is 5.73 Å². The fourth-order valence-electron chi connectivity index (χ4n) is 2.27. The van der Waals surface area contributed by atoms with Crippen molar-refractivity contribution in [2.75, 3.05) is 0 Å². The average molecular weight is 285 g/mol. The fourth-order valence-corrected chi connectivity index (χ4v) is 2.27. The molecule has 2 N–H and O–H groups in total. The van der Waals surface area contributed by atoms with Crippen LogP contribution in [-0.4, -0.2) is 12.1 Å². The molecule has 0 radical (unpaired) electrons. The quantitative estimate of drug-likeness (QED) is 0.303. The first kappa shape index (κ1) is 18.9. The van der Waals surface area contributed by atoms with Crippen LogP contribution in [0.15, 0.2) is 0 Å². The maximum absolute atomic E-state index is 11.0. The van der Waals surface area contributed by atoms with Crippen LogP contribution in [0.1, 0.15) is 90.4 Å². The minimum atomic E-state index is -1.01. The van der Waals surface area contributed by atoms with Crippen LogP contribution >= 0.6 is 0 Å². The van der Waals surface area contributed by atoms with Gasteiger partial charge in [-0.25, -0.2) is 4.79 Å². The third-order valence-corrected chi connectivity index (χ3v) is 3.45. The van der Waals surface area contributed by atoms with Gasteiger partial charge in [-0.3, -0.25) is 4.79 Å². The molecule has 0 atom stereocenters. The molecule has 0 bridgehead atoms. The van der Waals surface area contributed by atoms with Gasteiger partial charge in [0.05, 0.1) is 0 Å². The normalized spacial score (nSPS) is 10.4. The number of amides is 1. The van der Waals surface area contributed by atoms with Crippen molar-refractivity contribution in [3.63, 3.8) is 0 Å². The van der Waals surface area contributed by atoms with Gasteiger partial charge in [0, 0.05) is 6.42 Å². The smallest absolute Gasteiger partial charge is 0.376 e. The lowest BCUT2D eigenvalue weighted by atomic mass is 10.0. The Balaban J connectivity index is 3.09. The van der Waals surface area contributed by atoms with Gasteiger partial charge >= 0.3 is 12.1 Å². The van der Waals surface area contributed by atoms with E-state index < -0.39 is 12.1 Å². The Morgan fingerprint density at radius 3 is 1.55 bits per heavy atom. The number of hydrogen-bond donors (Lipinski definition) is 1. The first-order chi connectivity index (χ1) is 9.66. The summed E-state index contributed by atoms with van der Waals surface area (Å²) in [6.45, 7) is 2.24. The zero-order chi connectivity index (χ0) is 15.1. The second kappa shape index (κ2) is 14.4. The number of esters is 1. The van der Waals surface area contributed by atoms with Crippen molar-refractivity contribution in [3.05, 3.63) is 0 Å². The summed E-state index contributed by atoms with van der Waals surface area (Å²) in [5.74, 6) is -0.510. The van der Waals surface area contributed by atoms with Gasteiger partial charge in [-0.15, -0.1) is 0 Å². The van der Waals surface area contributed by atoms with E-state index in [1.165, 1.54) is 57.8 Å². The highest BCUT2D eigenvalue weighted by atomic mass is 16.6. The van der Waals surface area contributed by atoms with Gasteiger partial charge in [0.25, 0.3) is 0 Å². The van der Waals surface area contributed by atoms with E-state index in [-0.39, 0.29) is 0 Å². The van der Waals surface area contributed by atoms with Gasteiger partial charge in [0.2, 0.25) is 0 Å². The van der Waals surface area contributed by atoms with Gasteiger partial charge in [-0.05, 0) is 6.42 Å². The van der Waals surface area contributed by atoms with Crippen molar-refractivity contribution in [3.8, 4) is 0 Å². The number of nitrogens with two attached hydrogens (primary N) is 1. The molecule has 0 spiro atoms. The molecule has 0 unspecified atom stereocenters. The van der Waals surface area contributed by atoms with Gasteiger partial charge in [-0.1, -0.05) is 77.6 Å². The number of ether oxygens (including phenoxy) is 1. The molecule has 0 aliphatic rings. The summed E-state index contributed by atoms with van der Waals surface area (Å²) in [5.41, 5.74) is 4.75. The minimum absolute atomic E-state index is 0.292. The predicted octanol–water partition coefficient (Wildman–Crippen LogP) is 4.70. The lowest BCUT2D eigenvalue weighted by Crippen LogP contribution is -2.18. The molecule has 0 rings (SSSR count). The number of primary amides is 1. The number of rotatable bonds is 13. The Morgan fingerprint density at radius 2 is 1.15 bits per heavy atom. The molecule has 0 saturated heterocycles. The lowest BCUT2D eigenvalue weighted by Gasteiger charge is -2.02. The van der Waals surface area contributed by atoms with Crippen LogP contribution in [0.3, 0.4) is 0 Å². The Bertz CT molecular complexity index is 254. The molecule has 1 amide bonds. The van der Waals surface area contributed by atoms with E-state index in [0.29, 0.717) is 6.42 Å². The Hall–Kier alpha value is -1.06. The molecule has 0 heterocycles. The lowest BCUT2D eigenvalue weighted by molar-refractivity contribution is -0.137. The molecule has 118 valence electrons. The molecule has 0 aromatic heterocycles. The number of carbonyl (C=O) groups excluding carboxylic acids is 2. The van der Waals surface area contributed by atoms with Crippen LogP contribution in [0.5, 0.6) is 0 Å². The van der Waals surface area contributed by atoms with Crippen LogP contribution in [0.25, 0.3) is 0 Å². The largest absolute Gasteiger partial charge is 0.412 e. The van der Waals surface area contributed by atoms with Gasteiger partial charge in [-0.2, -0.15) is 0 Å². The van der Waals surface area contributed by atoms with E-state index >= 15 is 0 Å². The summed E-state index contributed by atoms with van der Waals surface area (Å²) in [6.07, 6.45) is 14.3. The summed E-state index contributed by atoms with van der Waals surface area (Å²) >= 11 is 0. The molecule has 20 heavy (non-hydrogen) atoms. The highest BCUT2D eigenvalue weighted by Crippen LogP contribution is 2.12. The molecule has 0 aromatic carbocycles. The van der Waals surface area contributed by atoms with Crippen LogP contribution in [0, 0.1) is 0 Å². The fraction of sp³-hybridized carbons (Fsp3) is 0.875. The van der Waals surface area contributed by atoms with Gasteiger partial charge in [0.15, 0.2) is 0 Å². The van der Waals surface area contributed by atoms with Crippen molar-refractivity contribution in [2.24, 2.45) is 5.73 Å². The maximum Gasteiger partial charge on any atom is 0.412 e. The first-order valence-corrected chi connectivity index (χ1v) is 8.17. The number of carbonyl (C=O) groups is 2. The Labute approximate surface area is 123 Å². The second-order valence-corrected chi connectivity index (χ2v) is 5.43. The number of unbranched alkanes of at least 4 members (excludes halogenated alkanes) is 11. The molecule has 0 aliphatic carbocycles. The van der Waals surface area contributed by atoms with Crippen LogP contribution in [0.2, 0.25) is 0 Å². The molecule has 0 fully saturated rings. The molecule has 0 aromatic rings. The SMILES string of the molecule is CCCCCCCCCCCCCCC(=O)OC(N)=O. The zero-order valence-electron chi connectivity index (χ0n) is 13.0. The second-order valence-electron chi connectivity index (χ2n) is 5.43. The highest BCUT2D eigenvalue weighted by Gasteiger charge is 2.05. The van der Waals surface area contributed by atoms with Crippen LogP contribution in [0.4, 0.5) is 4.79 Å². The monoisotopic (exact) mass is 285 g/mol. The molecular weight excluding hydrogens is 254 g/mol. The van der Waals surface area contributed by atoms with Crippen molar-refractivity contribution in [1.29, 1.82) is 0 Å². The summed E-state index contributed by atoms with van der Waals surface area (Å²) in [4.78, 5) is 21.3. The molecule has 0 aliphatic heterocycles. The summed E-state index contributed by atoms with van der Waals surface area (Å²) < 4.78 is 4.25. The third-order valence-electron chi connectivity index (χ3n) is 3.45. The molecule has 4 nitrogen and oxygen atoms in total. The van der Waals surface area contributed by atoms with Crippen molar-refractivity contribution in [2.45, 2.75) is 90.4 Å². The van der Waals surface area contributed by atoms with Gasteiger partial charge < -0.3 is 10.5 Å². The van der Waals surface area contributed by atoms with Crippen molar-refractivity contribution >= 4 is 12.1 Å². The van der Waals surface area contributed by atoms with E-state index in [9.17, 15) is 9.59 Å². The topological polar surface area (TPSA) is 69.4 Å². The maximum atomic E-state index is 11.0. The minimum Gasteiger partial charge on any atom is -0.376 e. The molecule has 0 saturated carbocycles. The number of hydrogen-bond acceptors (Lipinski definition) is 3. The Morgan fingerprint density at radius 1 is 0.750 bits per heavy atom. The van der Waals surface area contributed by atoms with Crippen molar-refractivity contribution in [1.82, 2.24) is 0 Å². The first-order valence-electron chi connectivity index (χ1n) is 8.17. The van der Waals surface area contributed by atoms with E-state index in [1.807, 2.05) is 0 Å². The molecule has 4 heteroatoms. The zero-order valence-corrected chi connectivity index (χ0v) is 13.0. The van der Waals surface area contributed by atoms with Gasteiger partial charge in [0.1, 0.15) is 0 Å². The predicted molar refractivity (Wildman–Crippen MR) is 81.4 cm³/mol. The highest BCUT2D eigenvalue weighted by molar-refractivity contribution is 5.83. The average Bonchev–Trinajstić information content (AvgIpc) is 2.39. The summed E-state index contributed by atoms with van der Waals surface area (Å²) in [5, 5.41) is 0. The Kier molecular flexibility index (Phi) is 13.6. The van der Waals surface area contributed by atoms with Crippen LogP contribution < -0.4 is 5.73 Å². The third kappa shape index (κ3) is 15.0. The van der Waals surface area contributed by atoms with E-state index in [1.54, 1.807) is 0 Å².